The molecule has 0 aliphatic heterocycles. The monoisotopic (exact) mass is 301 g/mol. The molecule has 22 heavy (non-hydrogen) atoms. The maximum atomic E-state index is 9.96. The summed E-state index contributed by atoms with van der Waals surface area (Å²) in [7, 11) is 1.98. The third-order valence-electron chi connectivity index (χ3n) is 4.19. The van der Waals surface area contributed by atoms with E-state index in [0.717, 1.165) is 12.8 Å². The summed E-state index contributed by atoms with van der Waals surface area (Å²) in [6.45, 7) is 3.34. The average Bonchev–Trinajstić information content (AvgIpc) is 3.24. The number of aliphatic hydroxyl groups is 1. The molecule has 0 spiro atoms. The van der Waals surface area contributed by atoms with E-state index in [-0.39, 0.29) is 6.10 Å². The lowest BCUT2D eigenvalue weighted by Crippen LogP contribution is -2.30. The molecule has 0 bridgehead atoms. The zero-order valence-corrected chi connectivity index (χ0v) is 13.2. The van der Waals surface area contributed by atoms with Gasteiger partial charge in [0.2, 0.25) is 5.89 Å². The molecule has 1 aromatic carbocycles. The molecule has 1 unspecified atom stereocenters. The van der Waals surface area contributed by atoms with E-state index in [9.17, 15) is 5.11 Å². The van der Waals surface area contributed by atoms with Gasteiger partial charge in [-0.05, 0) is 43.9 Å². The van der Waals surface area contributed by atoms with E-state index in [1.54, 1.807) is 0 Å². The molecule has 1 saturated carbocycles. The van der Waals surface area contributed by atoms with Crippen molar-refractivity contribution >= 4 is 0 Å². The van der Waals surface area contributed by atoms with Gasteiger partial charge in [-0.25, -0.2) is 0 Å². The Hall–Kier alpha value is -1.72. The summed E-state index contributed by atoms with van der Waals surface area (Å²) >= 11 is 0. The summed E-state index contributed by atoms with van der Waals surface area (Å²) in [5, 5.41) is 14.0. The smallest absolute Gasteiger partial charge is 0.231 e. The van der Waals surface area contributed by atoms with Gasteiger partial charge in [-0.2, -0.15) is 4.98 Å². The Kier molecular flexibility index (Phi) is 4.55. The summed E-state index contributed by atoms with van der Waals surface area (Å²) in [5.41, 5.74) is 2.43. The molecule has 3 rings (SSSR count). The molecule has 1 fully saturated rings. The molecule has 0 radical (unpaired) electrons. The first-order valence-corrected chi connectivity index (χ1v) is 7.84. The van der Waals surface area contributed by atoms with E-state index in [1.165, 1.54) is 11.1 Å². The number of likely N-dealkylation sites (N-methyl/N-ethyl adjacent to an activating group) is 1. The first kappa shape index (κ1) is 15.2. The number of nitrogens with zero attached hydrogens (tertiary/aromatic N) is 3. The summed E-state index contributed by atoms with van der Waals surface area (Å²) < 4.78 is 5.34. The van der Waals surface area contributed by atoms with Crippen LogP contribution in [0.4, 0.5) is 0 Å². The van der Waals surface area contributed by atoms with Crippen molar-refractivity contribution in [3.05, 3.63) is 47.1 Å². The third-order valence-corrected chi connectivity index (χ3v) is 4.19. The summed E-state index contributed by atoms with van der Waals surface area (Å²) in [6, 6.07) is 8.21. The second-order valence-electron chi connectivity index (χ2n) is 6.31. The fourth-order valence-corrected chi connectivity index (χ4v) is 2.65. The van der Waals surface area contributed by atoms with E-state index in [4.69, 9.17) is 4.52 Å². The number of aryl methyl sites for hydroxylation is 1. The van der Waals surface area contributed by atoms with Crippen LogP contribution in [0, 0.1) is 12.8 Å². The second kappa shape index (κ2) is 6.58. The molecule has 1 aliphatic rings. The molecule has 5 heteroatoms. The second-order valence-corrected chi connectivity index (χ2v) is 6.31. The Balaban J connectivity index is 1.55. The predicted molar refractivity (Wildman–Crippen MR) is 83.3 cm³/mol. The molecular formula is C17H23N3O2. The summed E-state index contributed by atoms with van der Waals surface area (Å²) in [5.74, 6) is 1.80. The van der Waals surface area contributed by atoms with Crippen molar-refractivity contribution in [2.75, 3.05) is 13.6 Å². The van der Waals surface area contributed by atoms with Gasteiger partial charge in [0.15, 0.2) is 5.82 Å². The highest BCUT2D eigenvalue weighted by atomic mass is 16.5. The number of hydrogen-bond acceptors (Lipinski definition) is 5. The van der Waals surface area contributed by atoms with Crippen LogP contribution in [0.1, 0.15) is 35.7 Å². The maximum Gasteiger partial charge on any atom is 0.231 e. The van der Waals surface area contributed by atoms with Gasteiger partial charge in [0, 0.05) is 6.54 Å². The Bertz CT molecular complexity index is 622. The first-order chi connectivity index (χ1) is 10.6. The summed E-state index contributed by atoms with van der Waals surface area (Å²) in [6.07, 6.45) is 2.73. The van der Waals surface area contributed by atoms with Crippen molar-refractivity contribution in [3.63, 3.8) is 0 Å². The number of benzene rings is 1. The standard InChI is InChI=1S/C17H23N3O2/c1-12-5-3-4-6-14(12)9-17-18-16(19-22-17)11-20(2)10-15(21)13-7-8-13/h3-6,13,15,21H,7-11H2,1-2H3. The van der Waals surface area contributed by atoms with Gasteiger partial charge in [-0.3, -0.25) is 4.90 Å². The zero-order chi connectivity index (χ0) is 15.5. The van der Waals surface area contributed by atoms with Gasteiger partial charge in [0.1, 0.15) is 0 Å². The van der Waals surface area contributed by atoms with Crippen molar-refractivity contribution in [1.82, 2.24) is 15.0 Å². The van der Waals surface area contributed by atoms with Crippen LogP contribution in [0.3, 0.4) is 0 Å². The average molecular weight is 301 g/mol. The first-order valence-electron chi connectivity index (χ1n) is 7.84. The van der Waals surface area contributed by atoms with E-state index in [2.05, 4.69) is 29.2 Å². The Morgan fingerprint density at radius 3 is 2.86 bits per heavy atom. The van der Waals surface area contributed by atoms with Crippen molar-refractivity contribution < 1.29 is 9.63 Å². The molecule has 0 amide bonds. The van der Waals surface area contributed by atoms with Crippen LogP contribution >= 0.6 is 0 Å². The number of aliphatic hydroxyl groups excluding tert-OH is 1. The minimum Gasteiger partial charge on any atom is -0.392 e. The van der Waals surface area contributed by atoms with Crippen LogP contribution in [0.5, 0.6) is 0 Å². The minimum atomic E-state index is -0.233. The molecule has 118 valence electrons. The Morgan fingerprint density at radius 2 is 2.14 bits per heavy atom. The lowest BCUT2D eigenvalue weighted by atomic mass is 10.1. The lowest BCUT2D eigenvalue weighted by molar-refractivity contribution is 0.103. The number of rotatable bonds is 7. The normalized spacial score (nSPS) is 16.2. The number of hydrogen-bond donors (Lipinski definition) is 1. The highest BCUT2D eigenvalue weighted by Crippen LogP contribution is 2.32. The fraction of sp³-hybridized carbons (Fsp3) is 0.529. The lowest BCUT2D eigenvalue weighted by Gasteiger charge is -2.18. The molecule has 1 N–H and O–H groups in total. The molecular weight excluding hydrogens is 278 g/mol. The third kappa shape index (κ3) is 3.93. The molecule has 1 aliphatic carbocycles. The van der Waals surface area contributed by atoms with E-state index < -0.39 is 0 Å². The molecule has 2 aromatic rings. The molecule has 5 nitrogen and oxygen atoms in total. The van der Waals surface area contributed by atoms with Crippen molar-refractivity contribution in [1.29, 1.82) is 0 Å². The predicted octanol–water partition coefficient (Wildman–Crippen LogP) is 2.17. The Morgan fingerprint density at radius 1 is 1.36 bits per heavy atom. The van der Waals surface area contributed by atoms with Gasteiger partial charge in [0.25, 0.3) is 0 Å². The largest absolute Gasteiger partial charge is 0.392 e. The molecule has 0 saturated heterocycles. The zero-order valence-electron chi connectivity index (χ0n) is 13.2. The van der Waals surface area contributed by atoms with E-state index >= 15 is 0 Å². The van der Waals surface area contributed by atoms with Gasteiger partial charge in [0.05, 0.1) is 19.1 Å². The Labute approximate surface area is 131 Å². The quantitative estimate of drug-likeness (QED) is 0.849. The van der Waals surface area contributed by atoms with Gasteiger partial charge in [-0.15, -0.1) is 0 Å². The maximum absolute atomic E-state index is 9.96. The van der Waals surface area contributed by atoms with E-state index in [1.807, 2.05) is 24.1 Å². The van der Waals surface area contributed by atoms with E-state index in [0.29, 0.717) is 37.1 Å². The minimum absolute atomic E-state index is 0.233. The van der Waals surface area contributed by atoms with Crippen LogP contribution in [-0.4, -0.2) is 39.8 Å². The van der Waals surface area contributed by atoms with Crippen LogP contribution < -0.4 is 0 Å². The van der Waals surface area contributed by atoms with Crippen molar-refractivity contribution in [2.45, 2.75) is 38.8 Å². The van der Waals surface area contributed by atoms with Crippen LogP contribution in [0.2, 0.25) is 0 Å². The van der Waals surface area contributed by atoms with Crippen molar-refractivity contribution in [3.8, 4) is 0 Å². The van der Waals surface area contributed by atoms with Gasteiger partial charge >= 0.3 is 0 Å². The highest BCUT2D eigenvalue weighted by molar-refractivity contribution is 5.27. The summed E-state index contributed by atoms with van der Waals surface area (Å²) in [4.78, 5) is 6.50. The van der Waals surface area contributed by atoms with Crippen molar-refractivity contribution in [2.24, 2.45) is 5.92 Å². The fourth-order valence-electron chi connectivity index (χ4n) is 2.65. The topological polar surface area (TPSA) is 62.4 Å². The van der Waals surface area contributed by atoms with Crippen LogP contribution in [0.25, 0.3) is 0 Å². The molecule has 1 atom stereocenters. The molecule has 1 aromatic heterocycles. The highest BCUT2D eigenvalue weighted by Gasteiger charge is 2.30. The van der Waals surface area contributed by atoms with Crippen LogP contribution in [-0.2, 0) is 13.0 Å². The molecule has 1 heterocycles. The number of aromatic nitrogens is 2. The SMILES string of the molecule is Cc1ccccc1Cc1nc(CN(C)CC(O)C2CC2)no1. The van der Waals surface area contributed by atoms with Gasteiger partial charge < -0.3 is 9.63 Å². The van der Waals surface area contributed by atoms with Gasteiger partial charge in [-0.1, -0.05) is 29.4 Å². The van der Waals surface area contributed by atoms with Crippen LogP contribution in [0.15, 0.2) is 28.8 Å².